The number of rotatable bonds is 5. The molecule has 0 saturated heterocycles. The van der Waals surface area contributed by atoms with Crippen LogP contribution in [0.2, 0.25) is 0 Å². The average Bonchev–Trinajstić information content (AvgIpc) is 3.26. The highest BCUT2D eigenvalue weighted by Gasteiger charge is 2.25. The number of carbonyl (C=O) groups excluding carboxylic acids is 1. The average molecular weight is 406 g/mol. The van der Waals surface area contributed by atoms with Gasteiger partial charge in [0.05, 0.1) is 11.1 Å². The number of nitrogens with zero attached hydrogens (tertiary/aromatic N) is 2. The first kappa shape index (κ1) is 19.0. The van der Waals surface area contributed by atoms with Gasteiger partial charge in [-0.15, -0.1) is 11.3 Å². The van der Waals surface area contributed by atoms with Gasteiger partial charge in [-0.2, -0.15) is 0 Å². The summed E-state index contributed by atoms with van der Waals surface area (Å²) < 4.78 is 1.74. The molecule has 4 rings (SSSR count). The number of thioether (sulfide) groups is 1. The fourth-order valence-corrected chi connectivity index (χ4v) is 6.56. The first-order valence-corrected chi connectivity index (χ1v) is 11.8. The molecule has 0 bridgehead atoms. The van der Waals surface area contributed by atoms with E-state index in [1.54, 1.807) is 15.9 Å². The minimum absolute atomic E-state index is 0.0446. The summed E-state index contributed by atoms with van der Waals surface area (Å²) in [4.78, 5) is 32.4. The van der Waals surface area contributed by atoms with Crippen LogP contribution in [0.5, 0.6) is 0 Å². The Morgan fingerprint density at radius 2 is 2.11 bits per heavy atom. The zero-order valence-corrected chi connectivity index (χ0v) is 17.7. The van der Waals surface area contributed by atoms with Gasteiger partial charge in [-0.3, -0.25) is 14.2 Å². The van der Waals surface area contributed by atoms with E-state index in [1.807, 2.05) is 6.92 Å². The maximum Gasteiger partial charge on any atom is 0.263 e. The van der Waals surface area contributed by atoms with Gasteiger partial charge >= 0.3 is 0 Å². The van der Waals surface area contributed by atoms with E-state index in [9.17, 15) is 9.59 Å². The summed E-state index contributed by atoms with van der Waals surface area (Å²) >= 11 is 3.06. The van der Waals surface area contributed by atoms with Crippen molar-refractivity contribution in [2.75, 3.05) is 5.75 Å². The Hall–Kier alpha value is -1.34. The molecule has 2 aromatic heterocycles. The molecular formula is C20H27N3O2S2. The van der Waals surface area contributed by atoms with Gasteiger partial charge in [0.1, 0.15) is 4.83 Å². The molecule has 1 amide bonds. The lowest BCUT2D eigenvalue weighted by molar-refractivity contribution is -0.119. The second-order valence-corrected chi connectivity index (χ2v) is 9.84. The largest absolute Gasteiger partial charge is 0.353 e. The molecule has 7 heteroatoms. The van der Waals surface area contributed by atoms with Crippen molar-refractivity contribution < 1.29 is 4.79 Å². The van der Waals surface area contributed by atoms with Crippen LogP contribution in [-0.2, 0) is 24.2 Å². The Morgan fingerprint density at radius 1 is 1.33 bits per heavy atom. The molecular weight excluding hydrogens is 378 g/mol. The first-order valence-electron chi connectivity index (χ1n) is 10.0. The smallest absolute Gasteiger partial charge is 0.263 e. The van der Waals surface area contributed by atoms with Crippen LogP contribution >= 0.6 is 23.1 Å². The summed E-state index contributed by atoms with van der Waals surface area (Å²) in [5.41, 5.74) is 1.29. The van der Waals surface area contributed by atoms with E-state index in [0.29, 0.717) is 29.4 Å². The zero-order valence-electron chi connectivity index (χ0n) is 16.0. The van der Waals surface area contributed by atoms with E-state index < -0.39 is 0 Å². The van der Waals surface area contributed by atoms with E-state index in [4.69, 9.17) is 4.98 Å². The Bertz CT molecular complexity index is 912. The third kappa shape index (κ3) is 3.81. The van der Waals surface area contributed by atoms with Crippen molar-refractivity contribution >= 4 is 39.2 Å². The molecule has 1 saturated carbocycles. The summed E-state index contributed by atoms with van der Waals surface area (Å²) in [5.74, 6) is 1.03. The van der Waals surface area contributed by atoms with Gasteiger partial charge in [0.2, 0.25) is 5.91 Å². The van der Waals surface area contributed by atoms with Gasteiger partial charge in [-0.05, 0) is 50.5 Å². The number of amides is 1. The molecule has 0 radical (unpaired) electrons. The molecule has 1 unspecified atom stereocenters. The van der Waals surface area contributed by atoms with Crippen molar-refractivity contribution in [1.29, 1.82) is 0 Å². The lowest BCUT2D eigenvalue weighted by Gasteiger charge is -2.17. The minimum atomic E-state index is 0.0446. The Labute approximate surface area is 167 Å². The fourth-order valence-electron chi connectivity index (χ4n) is 4.26. The third-order valence-corrected chi connectivity index (χ3v) is 7.87. The molecule has 2 aliphatic carbocycles. The first-order chi connectivity index (χ1) is 13.1. The van der Waals surface area contributed by atoms with Crippen LogP contribution < -0.4 is 10.9 Å². The van der Waals surface area contributed by atoms with Crippen LogP contribution in [0.4, 0.5) is 0 Å². The van der Waals surface area contributed by atoms with E-state index >= 15 is 0 Å². The Morgan fingerprint density at radius 3 is 2.85 bits per heavy atom. The number of aromatic nitrogens is 2. The summed E-state index contributed by atoms with van der Waals surface area (Å²) in [6.45, 7) is 4.82. The van der Waals surface area contributed by atoms with Gasteiger partial charge in [0.15, 0.2) is 5.16 Å². The lowest BCUT2D eigenvalue weighted by atomic mass is 9.89. The summed E-state index contributed by atoms with van der Waals surface area (Å²) in [6.07, 6.45) is 7.74. The number of thiophene rings is 1. The number of carbonyl (C=O) groups is 1. The number of nitrogens with one attached hydrogen (secondary N) is 1. The normalized spacial score (nSPS) is 20.1. The summed E-state index contributed by atoms with van der Waals surface area (Å²) in [7, 11) is 0. The van der Waals surface area contributed by atoms with Crippen molar-refractivity contribution in [2.45, 2.75) is 76.5 Å². The van der Waals surface area contributed by atoms with Gasteiger partial charge in [0, 0.05) is 17.5 Å². The molecule has 0 aliphatic heterocycles. The number of aryl methyl sites for hydroxylation is 1. The number of hydrogen-bond acceptors (Lipinski definition) is 5. The van der Waals surface area contributed by atoms with Crippen molar-refractivity contribution in [3.63, 3.8) is 0 Å². The maximum absolute atomic E-state index is 13.1. The summed E-state index contributed by atoms with van der Waals surface area (Å²) in [6, 6.07) is 0.327. The Kier molecular flexibility index (Phi) is 5.60. The SMILES string of the molecule is CCn1c(SCC(=O)NC2CCCC2)nc2sc3c(c2c1=O)CCC(C)C3. The zero-order chi connectivity index (χ0) is 19.0. The number of fused-ring (bicyclic) bond motifs is 3. The second-order valence-electron chi connectivity index (χ2n) is 7.81. The van der Waals surface area contributed by atoms with Crippen molar-refractivity contribution in [3.05, 3.63) is 20.8 Å². The highest BCUT2D eigenvalue weighted by Crippen LogP contribution is 2.36. The monoisotopic (exact) mass is 405 g/mol. The highest BCUT2D eigenvalue weighted by molar-refractivity contribution is 7.99. The third-order valence-electron chi connectivity index (χ3n) is 5.75. The molecule has 27 heavy (non-hydrogen) atoms. The standard InChI is InChI=1S/C20H27N3O2S2/c1-3-23-19(25)17-14-9-8-12(2)10-15(14)27-18(17)22-20(23)26-11-16(24)21-13-6-4-5-7-13/h12-13H,3-11H2,1-2H3,(H,21,24). The highest BCUT2D eigenvalue weighted by atomic mass is 32.2. The van der Waals surface area contributed by atoms with Crippen LogP contribution in [0, 0.1) is 5.92 Å². The van der Waals surface area contributed by atoms with E-state index in [0.717, 1.165) is 42.3 Å². The molecule has 1 atom stereocenters. The molecule has 1 N–H and O–H groups in total. The van der Waals surface area contributed by atoms with E-state index in [-0.39, 0.29) is 11.5 Å². The summed E-state index contributed by atoms with van der Waals surface area (Å²) in [5, 5.41) is 4.60. The van der Waals surface area contributed by atoms with Crippen LogP contribution in [0.1, 0.15) is 56.4 Å². The van der Waals surface area contributed by atoms with Crippen LogP contribution in [0.15, 0.2) is 9.95 Å². The number of hydrogen-bond donors (Lipinski definition) is 1. The predicted octanol–water partition coefficient (Wildman–Crippen LogP) is 3.75. The predicted molar refractivity (Wildman–Crippen MR) is 112 cm³/mol. The van der Waals surface area contributed by atoms with E-state index in [1.165, 1.54) is 35.0 Å². The molecule has 0 aromatic carbocycles. The van der Waals surface area contributed by atoms with E-state index in [2.05, 4.69) is 12.2 Å². The minimum Gasteiger partial charge on any atom is -0.353 e. The van der Waals surface area contributed by atoms with Crippen LogP contribution in [0.25, 0.3) is 10.2 Å². The molecule has 2 aliphatic rings. The van der Waals surface area contributed by atoms with Crippen LogP contribution in [-0.4, -0.2) is 27.3 Å². The van der Waals surface area contributed by atoms with Gasteiger partial charge < -0.3 is 5.32 Å². The van der Waals surface area contributed by atoms with Gasteiger partial charge in [-0.25, -0.2) is 4.98 Å². The van der Waals surface area contributed by atoms with Crippen molar-refractivity contribution in [1.82, 2.24) is 14.9 Å². The molecule has 0 spiro atoms. The molecule has 5 nitrogen and oxygen atoms in total. The maximum atomic E-state index is 13.1. The fraction of sp³-hybridized carbons (Fsp3) is 0.650. The second kappa shape index (κ2) is 7.95. The van der Waals surface area contributed by atoms with Gasteiger partial charge in [-0.1, -0.05) is 31.5 Å². The Balaban J connectivity index is 1.59. The van der Waals surface area contributed by atoms with Crippen molar-refractivity contribution in [2.24, 2.45) is 5.92 Å². The molecule has 2 heterocycles. The lowest BCUT2D eigenvalue weighted by Crippen LogP contribution is -2.34. The topological polar surface area (TPSA) is 64.0 Å². The molecule has 2 aromatic rings. The van der Waals surface area contributed by atoms with Crippen molar-refractivity contribution in [3.8, 4) is 0 Å². The van der Waals surface area contributed by atoms with Crippen LogP contribution in [0.3, 0.4) is 0 Å². The quantitative estimate of drug-likeness (QED) is 0.608. The van der Waals surface area contributed by atoms with Gasteiger partial charge in [0.25, 0.3) is 5.56 Å². The molecule has 1 fully saturated rings. The molecule has 146 valence electrons.